The molecule has 2 N–H and O–H groups in total. The highest BCUT2D eigenvalue weighted by Gasteiger charge is 2.18. The topological polar surface area (TPSA) is 71.5 Å². The van der Waals surface area contributed by atoms with E-state index in [1.54, 1.807) is 14.0 Å². The zero-order chi connectivity index (χ0) is 11.4. The van der Waals surface area contributed by atoms with Crippen LogP contribution in [0.2, 0.25) is 0 Å². The Bertz CT molecular complexity index is 351. The molecule has 0 fully saturated rings. The fraction of sp³-hybridized carbons (Fsp3) is 0.556. The summed E-state index contributed by atoms with van der Waals surface area (Å²) in [6.07, 6.45) is 0. The molecule has 0 saturated carbocycles. The smallest absolute Gasteiger partial charge is 0.340 e. The number of rotatable bonds is 5. The van der Waals surface area contributed by atoms with Crippen LogP contribution in [0.15, 0.2) is 0 Å². The van der Waals surface area contributed by atoms with Gasteiger partial charge in [0.2, 0.25) is 0 Å². The van der Waals surface area contributed by atoms with Crippen LogP contribution in [0.25, 0.3) is 0 Å². The molecule has 15 heavy (non-hydrogen) atoms. The summed E-state index contributed by atoms with van der Waals surface area (Å²) in [5, 5.41) is 12.6. The van der Waals surface area contributed by atoms with Crippen LogP contribution >= 0.6 is 11.5 Å². The van der Waals surface area contributed by atoms with Crippen molar-refractivity contribution in [3.8, 4) is 0 Å². The van der Waals surface area contributed by atoms with Crippen LogP contribution in [0.4, 0.5) is 5.00 Å². The van der Waals surface area contributed by atoms with Crippen molar-refractivity contribution in [2.24, 2.45) is 0 Å². The van der Waals surface area contributed by atoms with Gasteiger partial charge in [0.15, 0.2) is 0 Å². The number of aromatic nitrogens is 1. The second kappa shape index (κ2) is 5.09. The minimum Gasteiger partial charge on any atom is -0.478 e. The van der Waals surface area contributed by atoms with E-state index in [-0.39, 0.29) is 11.6 Å². The van der Waals surface area contributed by atoms with E-state index in [4.69, 9.17) is 9.84 Å². The summed E-state index contributed by atoms with van der Waals surface area (Å²) in [4.78, 5) is 10.9. The Kier molecular flexibility index (Phi) is 4.05. The quantitative estimate of drug-likeness (QED) is 0.803. The molecule has 0 amide bonds. The zero-order valence-electron chi connectivity index (χ0n) is 8.90. The van der Waals surface area contributed by atoms with Gasteiger partial charge in [-0.15, -0.1) is 0 Å². The fourth-order valence-corrected chi connectivity index (χ4v) is 2.14. The minimum absolute atomic E-state index is 0.0629. The number of ether oxygens (including phenoxy) is 1. The predicted molar refractivity (Wildman–Crippen MR) is 58.8 cm³/mol. The molecule has 1 rings (SSSR count). The largest absolute Gasteiger partial charge is 0.478 e. The molecule has 1 heterocycles. The van der Waals surface area contributed by atoms with Crippen LogP contribution in [0.3, 0.4) is 0 Å². The van der Waals surface area contributed by atoms with E-state index < -0.39 is 5.97 Å². The van der Waals surface area contributed by atoms with Crippen molar-refractivity contribution in [1.29, 1.82) is 0 Å². The Labute approximate surface area is 92.2 Å². The first-order chi connectivity index (χ1) is 7.06. The summed E-state index contributed by atoms with van der Waals surface area (Å²) in [6, 6.07) is 0.0629. The Morgan fingerprint density at radius 3 is 2.93 bits per heavy atom. The van der Waals surface area contributed by atoms with Crippen LogP contribution in [0.5, 0.6) is 0 Å². The lowest BCUT2D eigenvalue weighted by Gasteiger charge is -2.12. The third-order valence-corrected chi connectivity index (χ3v) is 2.74. The highest BCUT2D eigenvalue weighted by atomic mass is 32.1. The SMILES string of the molecule is COCC(C)Nc1snc(C)c1C(=O)O. The van der Waals surface area contributed by atoms with Crippen molar-refractivity contribution < 1.29 is 14.6 Å². The van der Waals surface area contributed by atoms with Crippen LogP contribution < -0.4 is 5.32 Å². The van der Waals surface area contributed by atoms with E-state index in [1.165, 1.54) is 0 Å². The average Bonchev–Trinajstić information content (AvgIpc) is 2.47. The maximum atomic E-state index is 10.9. The van der Waals surface area contributed by atoms with Gasteiger partial charge in [0, 0.05) is 13.2 Å². The van der Waals surface area contributed by atoms with Gasteiger partial charge in [0.1, 0.15) is 10.6 Å². The zero-order valence-corrected chi connectivity index (χ0v) is 9.72. The lowest BCUT2D eigenvalue weighted by atomic mass is 10.2. The maximum Gasteiger partial charge on any atom is 0.340 e. The number of hydrogen-bond acceptors (Lipinski definition) is 5. The van der Waals surface area contributed by atoms with Crippen LogP contribution in [-0.4, -0.2) is 35.2 Å². The molecule has 0 spiro atoms. The number of carbonyl (C=O) groups is 1. The third-order valence-electron chi connectivity index (χ3n) is 1.87. The standard InChI is InChI=1S/C9H14N2O3S/c1-5(4-14-3)10-8-7(9(12)13)6(2)11-15-8/h5,10H,4H2,1-3H3,(H,12,13). The first-order valence-corrected chi connectivity index (χ1v) is 5.28. The van der Waals surface area contributed by atoms with Gasteiger partial charge in [-0.3, -0.25) is 0 Å². The molecule has 0 aliphatic carbocycles. The molecule has 0 aliphatic rings. The van der Waals surface area contributed by atoms with Gasteiger partial charge in [-0.2, -0.15) is 4.37 Å². The first kappa shape index (κ1) is 11.9. The van der Waals surface area contributed by atoms with Gasteiger partial charge in [0.05, 0.1) is 12.3 Å². The van der Waals surface area contributed by atoms with Crippen molar-refractivity contribution >= 4 is 22.5 Å². The molecular formula is C9H14N2O3S. The number of methoxy groups -OCH3 is 1. The van der Waals surface area contributed by atoms with E-state index in [0.717, 1.165) is 11.5 Å². The maximum absolute atomic E-state index is 10.9. The van der Waals surface area contributed by atoms with E-state index in [9.17, 15) is 4.79 Å². The van der Waals surface area contributed by atoms with Gasteiger partial charge in [0.25, 0.3) is 0 Å². The molecule has 1 aromatic rings. The van der Waals surface area contributed by atoms with Crippen molar-refractivity contribution in [3.05, 3.63) is 11.3 Å². The number of aromatic carboxylic acids is 1. The molecule has 84 valence electrons. The van der Waals surface area contributed by atoms with Crippen molar-refractivity contribution in [3.63, 3.8) is 0 Å². The lowest BCUT2D eigenvalue weighted by molar-refractivity contribution is 0.0697. The number of nitrogens with zero attached hydrogens (tertiary/aromatic N) is 1. The molecule has 1 atom stereocenters. The number of anilines is 1. The summed E-state index contributed by atoms with van der Waals surface area (Å²) < 4.78 is 8.97. The molecule has 0 aromatic carbocycles. The summed E-state index contributed by atoms with van der Waals surface area (Å²) in [6.45, 7) is 4.13. The molecule has 0 aliphatic heterocycles. The molecule has 0 radical (unpaired) electrons. The lowest BCUT2D eigenvalue weighted by Crippen LogP contribution is -2.21. The van der Waals surface area contributed by atoms with Gasteiger partial charge in [-0.25, -0.2) is 4.79 Å². The van der Waals surface area contributed by atoms with Crippen LogP contribution in [-0.2, 0) is 4.74 Å². The molecular weight excluding hydrogens is 216 g/mol. The normalized spacial score (nSPS) is 12.5. The number of carboxylic acid groups (broad SMARTS) is 1. The van der Waals surface area contributed by atoms with Gasteiger partial charge < -0.3 is 15.2 Å². The van der Waals surface area contributed by atoms with E-state index in [2.05, 4.69) is 9.69 Å². The third kappa shape index (κ3) is 2.90. The highest BCUT2D eigenvalue weighted by Crippen LogP contribution is 2.24. The van der Waals surface area contributed by atoms with E-state index in [0.29, 0.717) is 17.3 Å². The Morgan fingerprint density at radius 1 is 1.73 bits per heavy atom. The Balaban J connectivity index is 2.81. The predicted octanol–water partition coefficient (Wildman–Crippen LogP) is 1.60. The van der Waals surface area contributed by atoms with Gasteiger partial charge >= 0.3 is 5.97 Å². The van der Waals surface area contributed by atoms with Crippen molar-refractivity contribution in [2.45, 2.75) is 19.9 Å². The van der Waals surface area contributed by atoms with Crippen molar-refractivity contribution in [1.82, 2.24) is 4.37 Å². The average molecular weight is 230 g/mol. The van der Waals surface area contributed by atoms with Crippen molar-refractivity contribution in [2.75, 3.05) is 19.0 Å². The molecule has 5 nitrogen and oxygen atoms in total. The van der Waals surface area contributed by atoms with E-state index >= 15 is 0 Å². The number of carboxylic acids is 1. The second-order valence-corrected chi connectivity index (χ2v) is 4.05. The Morgan fingerprint density at radius 2 is 2.40 bits per heavy atom. The first-order valence-electron chi connectivity index (χ1n) is 4.51. The molecule has 0 bridgehead atoms. The summed E-state index contributed by atoms with van der Waals surface area (Å²) >= 11 is 1.16. The van der Waals surface area contributed by atoms with Crippen LogP contribution in [0, 0.1) is 6.92 Å². The number of hydrogen-bond donors (Lipinski definition) is 2. The molecule has 1 unspecified atom stereocenters. The molecule has 0 saturated heterocycles. The Hall–Kier alpha value is -1.14. The summed E-state index contributed by atoms with van der Waals surface area (Å²) in [5.41, 5.74) is 0.794. The number of aryl methyl sites for hydroxylation is 1. The van der Waals surface area contributed by atoms with E-state index in [1.807, 2.05) is 6.92 Å². The second-order valence-electron chi connectivity index (χ2n) is 3.28. The minimum atomic E-state index is -0.951. The fourth-order valence-electron chi connectivity index (χ4n) is 1.24. The van der Waals surface area contributed by atoms with Gasteiger partial charge in [-0.05, 0) is 25.4 Å². The summed E-state index contributed by atoms with van der Waals surface area (Å²) in [7, 11) is 1.61. The molecule has 6 heteroatoms. The number of nitrogens with one attached hydrogen (secondary N) is 1. The van der Waals surface area contributed by atoms with Crippen LogP contribution in [0.1, 0.15) is 23.0 Å². The van der Waals surface area contributed by atoms with Gasteiger partial charge in [-0.1, -0.05) is 0 Å². The highest BCUT2D eigenvalue weighted by molar-refractivity contribution is 7.10. The monoisotopic (exact) mass is 230 g/mol. The molecule has 1 aromatic heterocycles. The summed E-state index contributed by atoms with van der Waals surface area (Å²) in [5.74, 6) is -0.951.